The van der Waals surface area contributed by atoms with E-state index in [0.717, 1.165) is 35.6 Å². The van der Waals surface area contributed by atoms with Gasteiger partial charge in [0.2, 0.25) is 0 Å². The highest BCUT2D eigenvalue weighted by atomic mass is 16.6. The monoisotopic (exact) mass is 502 g/mol. The Bertz CT molecular complexity index is 1370. The van der Waals surface area contributed by atoms with Crippen molar-refractivity contribution in [1.29, 1.82) is 0 Å². The summed E-state index contributed by atoms with van der Waals surface area (Å²) in [5, 5.41) is 10.0. The molecule has 2 aliphatic heterocycles. The molecule has 3 amide bonds. The summed E-state index contributed by atoms with van der Waals surface area (Å²) in [6.07, 6.45) is 0.269. The highest BCUT2D eigenvalue weighted by Gasteiger charge is 2.27. The van der Waals surface area contributed by atoms with Gasteiger partial charge in [0.15, 0.2) is 5.82 Å². The fraction of sp³-hybridized carbons (Fsp3) is 0.333. The average molecular weight is 503 g/mol. The summed E-state index contributed by atoms with van der Waals surface area (Å²) in [5.41, 5.74) is 3.17. The Morgan fingerprint density at radius 3 is 2.46 bits per heavy atom. The van der Waals surface area contributed by atoms with Gasteiger partial charge in [-0.1, -0.05) is 0 Å². The van der Waals surface area contributed by atoms with E-state index in [-0.39, 0.29) is 11.8 Å². The van der Waals surface area contributed by atoms with Crippen LogP contribution in [0.15, 0.2) is 48.5 Å². The summed E-state index contributed by atoms with van der Waals surface area (Å²) in [6.45, 7) is 7.53. The standard InChI is InChI=1S/C27H30N6O4/c1-27(2,3)37-26(36)28-19-7-5-17(6-8-19)24(34)29-22-16-23-32(13-14-33(23)30-22)20-9-10-21-18(15-20)11-12-31(4)25(21)35/h5-10,15-16H,11-14H2,1-4H3,(H,28,36)(H,29,30,34). The number of carbonyl (C=O) groups excluding carboxylic acids is 3. The fourth-order valence-corrected chi connectivity index (χ4v) is 4.49. The van der Waals surface area contributed by atoms with Gasteiger partial charge in [-0.15, -0.1) is 0 Å². The summed E-state index contributed by atoms with van der Waals surface area (Å²) in [6, 6.07) is 14.3. The molecule has 2 aliphatic rings. The van der Waals surface area contributed by atoms with Gasteiger partial charge in [-0.25, -0.2) is 9.48 Å². The van der Waals surface area contributed by atoms with Gasteiger partial charge in [-0.3, -0.25) is 14.9 Å². The van der Waals surface area contributed by atoms with E-state index in [9.17, 15) is 14.4 Å². The van der Waals surface area contributed by atoms with E-state index in [2.05, 4.69) is 26.7 Å². The predicted octanol–water partition coefficient (Wildman–Crippen LogP) is 4.26. The second-order valence-electron chi connectivity index (χ2n) is 10.2. The molecule has 192 valence electrons. The lowest BCUT2D eigenvalue weighted by Gasteiger charge is -2.26. The van der Waals surface area contributed by atoms with Crippen LogP contribution < -0.4 is 15.5 Å². The Morgan fingerprint density at radius 1 is 0.973 bits per heavy atom. The van der Waals surface area contributed by atoms with Crippen molar-refractivity contribution in [3.05, 3.63) is 65.2 Å². The van der Waals surface area contributed by atoms with Crippen molar-refractivity contribution in [2.24, 2.45) is 0 Å². The van der Waals surface area contributed by atoms with E-state index < -0.39 is 11.7 Å². The van der Waals surface area contributed by atoms with Crippen LogP contribution in [0.1, 0.15) is 47.1 Å². The van der Waals surface area contributed by atoms with Crippen molar-refractivity contribution in [1.82, 2.24) is 14.7 Å². The Kier molecular flexibility index (Phi) is 6.10. The van der Waals surface area contributed by atoms with E-state index in [1.807, 2.05) is 29.9 Å². The third-order valence-electron chi connectivity index (χ3n) is 6.30. The van der Waals surface area contributed by atoms with Gasteiger partial charge >= 0.3 is 6.09 Å². The van der Waals surface area contributed by atoms with Crippen LogP contribution in [0.2, 0.25) is 0 Å². The Balaban J connectivity index is 1.25. The first kappa shape index (κ1) is 24.4. The second kappa shape index (κ2) is 9.27. The van der Waals surface area contributed by atoms with Gasteiger partial charge in [0.1, 0.15) is 11.4 Å². The number of anilines is 4. The van der Waals surface area contributed by atoms with Crippen molar-refractivity contribution < 1.29 is 19.1 Å². The first-order chi connectivity index (χ1) is 17.6. The Hall–Kier alpha value is -4.34. The van der Waals surface area contributed by atoms with Crippen LogP contribution in [0.3, 0.4) is 0 Å². The molecule has 2 N–H and O–H groups in total. The smallest absolute Gasteiger partial charge is 0.412 e. The van der Waals surface area contributed by atoms with Crippen molar-refractivity contribution >= 4 is 40.9 Å². The maximum Gasteiger partial charge on any atom is 0.412 e. The number of nitrogens with one attached hydrogen (secondary N) is 2. The first-order valence-corrected chi connectivity index (χ1v) is 12.2. The number of benzene rings is 2. The van der Waals surface area contributed by atoms with Gasteiger partial charge in [0.05, 0.1) is 6.54 Å². The molecular formula is C27H30N6O4. The molecule has 37 heavy (non-hydrogen) atoms. The molecule has 0 fully saturated rings. The average Bonchev–Trinajstić information content (AvgIpc) is 3.40. The Labute approximate surface area is 215 Å². The summed E-state index contributed by atoms with van der Waals surface area (Å²) in [7, 11) is 1.82. The molecule has 5 rings (SSSR count). The minimum Gasteiger partial charge on any atom is -0.444 e. The van der Waals surface area contributed by atoms with Crippen molar-refractivity contribution in [2.75, 3.05) is 35.7 Å². The Morgan fingerprint density at radius 2 is 1.73 bits per heavy atom. The van der Waals surface area contributed by atoms with Crippen LogP contribution in [-0.4, -0.2) is 58.3 Å². The molecule has 0 unspecified atom stereocenters. The van der Waals surface area contributed by atoms with Crippen LogP contribution in [0.5, 0.6) is 0 Å². The first-order valence-electron chi connectivity index (χ1n) is 12.2. The third kappa shape index (κ3) is 5.13. The van der Waals surface area contributed by atoms with Gasteiger partial charge < -0.3 is 19.9 Å². The number of fused-ring (bicyclic) bond motifs is 2. The fourth-order valence-electron chi connectivity index (χ4n) is 4.49. The number of hydrogen-bond acceptors (Lipinski definition) is 6. The third-order valence-corrected chi connectivity index (χ3v) is 6.30. The number of aromatic nitrogens is 2. The number of hydrogen-bond donors (Lipinski definition) is 2. The second-order valence-corrected chi connectivity index (χ2v) is 10.2. The van der Waals surface area contributed by atoms with E-state index >= 15 is 0 Å². The predicted molar refractivity (Wildman–Crippen MR) is 141 cm³/mol. The van der Waals surface area contributed by atoms with E-state index in [1.54, 1.807) is 49.9 Å². The molecule has 0 atom stereocenters. The summed E-state index contributed by atoms with van der Waals surface area (Å²) in [5.74, 6) is 1.09. The molecule has 0 bridgehead atoms. The molecule has 10 heteroatoms. The van der Waals surface area contributed by atoms with Gasteiger partial charge in [0.25, 0.3) is 11.8 Å². The van der Waals surface area contributed by atoms with E-state index in [0.29, 0.717) is 30.2 Å². The van der Waals surface area contributed by atoms with Crippen molar-refractivity contribution in [2.45, 2.75) is 39.3 Å². The van der Waals surface area contributed by atoms with Crippen LogP contribution >= 0.6 is 0 Å². The molecule has 0 spiro atoms. The highest BCUT2D eigenvalue weighted by Crippen LogP contribution is 2.34. The molecule has 3 heterocycles. The summed E-state index contributed by atoms with van der Waals surface area (Å²) >= 11 is 0. The van der Waals surface area contributed by atoms with Gasteiger partial charge in [-0.05, 0) is 75.2 Å². The van der Waals surface area contributed by atoms with Gasteiger partial charge in [-0.2, -0.15) is 5.10 Å². The molecule has 0 saturated heterocycles. The zero-order valence-corrected chi connectivity index (χ0v) is 21.4. The summed E-state index contributed by atoms with van der Waals surface area (Å²) in [4.78, 5) is 41.1. The minimum absolute atomic E-state index is 0.0536. The molecule has 1 aromatic heterocycles. The maximum atomic E-state index is 12.8. The SMILES string of the molecule is CN1CCc2cc(N3CCn4nc(NC(=O)c5ccc(NC(=O)OC(C)(C)C)cc5)cc43)ccc2C1=O. The zero-order chi connectivity index (χ0) is 26.3. The largest absolute Gasteiger partial charge is 0.444 e. The molecule has 2 aromatic carbocycles. The van der Waals surface area contributed by atoms with Crippen LogP contribution in [-0.2, 0) is 17.7 Å². The molecule has 0 radical (unpaired) electrons. The summed E-state index contributed by atoms with van der Waals surface area (Å²) < 4.78 is 7.11. The quantitative estimate of drug-likeness (QED) is 0.552. The molecule has 10 nitrogen and oxygen atoms in total. The van der Waals surface area contributed by atoms with Crippen LogP contribution in [0, 0.1) is 0 Å². The number of amides is 3. The number of likely N-dealkylation sites (N-methyl/N-ethyl adjacent to an activating group) is 1. The minimum atomic E-state index is -0.597. The lowest BCUT2D eigenvalue weighted by molar-refractivity contribution is 0.0635. The van der Waals surface area contributed by atoms with Crippen molar-refractivity contribution in [3.63, 3.8) is 0 Å². The van der Waals surface area contributed by atoms with Crippen molar-refractivity contribution in [3.8, 4) is 0 Å². The number of nitrogens with zero attached hydrogens (tertiary/aromatic N) is 4. The highest BCUT2D eigenvalue weighted by molar-refractivity contribution is 6.04. The number of rotatable bonds is 4. The number of ether oxygens (including phenoxy) is 1. The zero-order valence-electron chi connectivity index (χ0n) is 21.4. The van der Waals surface area contributed by atoms with Crippen LogP contribution in [0.25, 0.3) is 0 Å². The molecule has 0 aliphatic carbocycles. The van der Waals surface area contributed by atoms with Gasteiger partial charge in [0, 0.05) is 48.7 Å². The number of carbonyl (C=O) groups is 3. The maximum absolute atomic E-state index is 12.8. The topological polar surface area (TPSA) is 109 Å². The molecular weight excluding hydrogens is 472 g/mol. The molecule has 3 aromatic rings. The lowest BCUT2D eigenvalue weighted by atomic mass is 9.98. The normalized spacial score (nSPS) is 14.8. The van der Waals surface area contributed by atoms with E-state index in [4.69, 9.17) is 4.74 Å². The van der Waals surface area contributed by atoms with E-state index in [1.165, 1.54) is 0 Å². The lowest BCUT2D eigenvalue weighted by Crippen LogP contribution is -2.34. The molecule has 0 saturated carbocycles. The van der Waals surface area contributed by atoms with Crippen LogP contribution in [0.4, 0.5) is 27.8 Å².